The summed E-state index contributed by atoms with van der Waals surface area (Å²) in [5.74, 6) is 0.908. The maximum atomic E-state index is 13.7. The maximum absolute atomic E-state index is 13.7. The van der Waals surface area contributed by atoms with Gasteiger partial charge in [0, 0.05) is 24.2 Å². The lowest BCUT2D eigenvalue weighted by Crippen LogP contribution is -2.53. The minimum atomic E-state index is -0.748. The topological polar surface area (TPSA) is 122 Å². The number of nitrogens with zero attached hydrogens (tertiary/aromatic N) is 2. The van der Waals surface area contributed by atoms with E-state index in [1.807, 2.05) is 49.4 Å². The van der Waals surface area contributed by atoms with Crippen LogP contribution in [0.5, 0.6) is 11.5 Å². The Hall–Kier alpha value is -4.35. The quantitative estimate of drug-likeness (QED) is 0.148. The average molecular weight is 723 g/mol. The van der Waals surface area contributed by atoms with Gasteiger partial charge in [0.2, 0.25) is 0 Å². The van der Waals surface area contributed by atoms with Crippen LogP contribution in [0.3, 0.4) is 0 Å². The molecule has 0 unspecified atom stereocenters. The van der Waals surface area contributed by atoms with Gasteiger partial charge in [0.05, 0.1) is 26.3 Å². The Morgan fingerprint density at radius 3 is 2.26 bits per heavy atom. The van der Waals surface area contributed by atoms with Gasteiger partial charge < -0.3 is 24.4 Å². The van der Waals surface area contributed by atoms with Crippen molar-refractivity contribution >= 4 is 41.0 Å². The third-order valence-corrected chi connectivity index (χ3v) is 10.0. The number of esters is 1. The summed E-state index contributed by atoms with van der Waals surface area (Å²) in [6.07, 6.45) is 4.34. The van der Waals surface area contributed by atoms with Crippen molar-refractivity contribution in [2.75, 3.05) is 38.8 Å². The van der Waals surface area contributed by atoms with Crippen LogP contribution in [0.15, 0.2) is 79.1 Å². The molecule has 4 heterocycles. The number of fused-ring (bicyclic) bond motifs is 3. The Balaban J connectivity index is 0.00000486. The molecule has 3 aliphatic heterocycles. The normalized spacial score (nSPS) is 18.4. The number of hydrogen-bond acceptors (Lipinski definition) is 8. The fraction of sp³-hybridized carbons (Fsp3) is 0.342. The molecule has 2 atom stereocenters. The molecule has 264 valence electrons. The van der Waals surface area contributed by atoms with Crippen LogP contribution in [0.25, 0.3) is 0 Å². The first kappa shape index (κ1) is 36.9. The summed E-state index contributed by atoms with van der Waals surface area (Å²) in [4.78, 5) is 34.2. The van der Waals surface area contributed by atoms with Crippen LogP contribution < -0.4 is 19.4 Å². The first-order valence-corrected chi connectivity index (χ1v) is 17.1. The molecule has 3 saturated heterocycles. The zero-order valence-electron chi connectivity index (χ0n) is 28.2. The lowest BCUT2D eigenvalue weighted by molar-refractivity contribution is -0.377. The number of H-pyrrole nitrogens is 1. The van der Waals surface area contributed by atoms with E-state index in [4.69, 9.17) is 42.1 Å². The molecule has 0 radical (unpaired) electrons. The van der Waals surface area contributed by atoms with E-state index < -0.39 is 12.1 Å². The second-order valence-electron chi connectivity index (χ2n) is 12.5. The van der Waals surface area contributed by atoms with Gasteiger partial charge in [-0.05, 0) is 91.9 Å². The summed E-state index contributed by atoms with van der Waals surface area (Å²) < 4.78 is 23.1. The number of aryl methyl sites for hydroxylation is 1. The van der Waals surface area contributed by atoms with Gasteiger partial charge in [0.15, 0.2) is 23.9 Å². The van der Waals surface area contributed by atoms with Gasteiger partial charge in [-0.15, -0.1) is 0 Å². The predicted molar refractivity (Wildman–Crippen MR) is 190 cm³/mol. The van der Waals surface area contributed by atoms with Crippen molar-refractivity contribution in [3.63, 3.8) is 0 Å². The SMILES string of the molecule is COc1ccc([C@H](Cc2c(Cl)c[nH+]cc2Cl)OC(=O)c2ccc(CN(C(=O)O[C@H]3CN4CCC3CC4)c3cccc(C)c3)cc2)cc1OC.[OH-]. The molecule has 10 nitrogen and oxygen atoms in total. The molecule has 2 bridgehead atoms. The van der Waals surface area contributed by atoms with Crippen molar-refractivity contribution in [1.29, 1.82) is 0 Å². The fourth-order valence-electron chi connectivity index (χ4n) is 6.56. The Morgan fingerprint density at radius 1 is 0.940 bits per heavy atom. The highest BCUT2D eigenvalue weighted by molar-refractivity contribution is 6.35. The molecule has 12 heteroatoms. The first-order valence-electron chi connectivity index (χ1n) is 16.4. The molecule has 7 rings (SSSR count). The van der Waals surface area contributed by atoms with E-state index in [0.717, 1.165) is 49.3 Å². The van der Waals surface area contributed by atoms with Crippen LogP contribution in [0.4, 0.5) is 10.5 Å². The number of hydrogen-bond donors (Lipinski definition) is 0. The highest BCUT2D eigenvalue weighted by atomic mass is 35.5. The number of aromatic nitrogens is 1. The first-order chi connectivity index (χ1) is 23.7. The lowest BCUT2D eigenvalue weighted by atomic mass is 9.86. The number of aromatic amines is 1. The number of carbonyl (C=O) groups excluding carboxylic acids is 2. The Bertz CT molecular complexity index is 1780. The molecular formula is C38H41Cl2N3O7. The van der Waals surface area contributed by atoms with E-state index >= 15 is 0 Å². The summed E-state index contributed by atoms with van der Waals surface area (Å²) in [7, 11) is 3.10. The van der Waals surface area contributed by atoms with E-state index in [-0.39, 0.29) is 30.6 Å². The molecule has 1 aromatic heterocycles. The number of benzene rings is 3. The zero-order valence-corrected chi connectivity index (χ0v) is 29.7. The van der Waals surface area contributed by atoms with Gasteiger partial charge in [-0.2, -0.15) is 0 Å². The highest BCUT2D eigenvalue weighted by Crippen LogP contribution is 2.36. The lowest BCUT2D eigenvalue weighted by Gasteiger charge is -2.44. The van der Waals surface area contributed by atoms with Gasteiger partial charge in [0.1, 0.15) is 22.3 Å². The molecular weight excluding hydrogens is 681 g/mol. The van der Waals surface area contributed by atoms with Crippen molar-refractivity contribution in [1.82, 2.24) is 4.90 Å². The Kier molecular flexibility index (Phi) is 12.2. The van der Waals surface area contributed by atoms with Crippen LogP contribution >= 0.6 is 23.2 Å². The van der Waals surface area contributed by atoms with E-state index in [1.165, 1.54) is 0 Å². The highest BCUT2D eigenvalue weighted by Gasteiger charge is 2.37. The largest absolute Gasteiger partial charge is 0.870 e. The number of nitrogens with one attached hydrogen (secondary N) is 1. The van der Waals surface area contributed by atoms with Gasteiger partial charge in [0.25, 0.3) is 0 Å². The number of amides is 1. The van der Waals surface area contributed by atoms with Gasteiger partial charge in [-0.1, -0.05) is 53.5 Å². The third kappa shape index (κ3) is 8.50. The number of pyridine rings is 1. The van der Waals surface area contributed by atoms with Crippen LogP contribution in [0.1, 0.15) is 51.6 Å². The number of rotatable bonds is 11. The predicted octanol–water partition coefficient (Wildman–Crippen LogP) is 7.33. The molecule has 3 aromatic carbocycles. The van der Waals surface area contributed by atoms with Crippen molar-refractivity contribution < 1.29 is 39.0 Å². The minimum absolute atomic E-state index is 0. The Morgan fingerprint density at radius 2 is 1.64 bits per heavy atom. The van der Waals surface area contributed by atoms with Crippen LogP contribution in [0.2, 0.25) is 10.0 Å². The summed E-state index contributed by atoms with van der Waals surface area (Å²) in [5.41, 5.74) is 4.29. The number of carbonyl (C=O) groups is 2. The second-order valence-corrected chi connectivity index (χ2v) is 13.3. The maximum Gasteiger partial charge on any atom is 0.414 e. The smallest absolute Gasteiger partial charge is 0.414 e. The number of piperidine rings is 3. The van der Waals surface area contributed by atoms with Crippen molar-refractivity contribution in [2.24, 2.45) is 5.92 Å². The molecule has 3 aliphatic rings. The molecule has 50 heavy (non-hydrogen) atoms. The van der Waals surface area contributed by atoms with Crippen LogP contribution in [-0.4, -0.2) is 62.4 Å². The third-order valence-electron chi connectivity index (χ3n) is 9.33. The van der Waals surface area contributed by atoms with Crippen molar-refractivity contribution in [2.45, 2.75) is 44.9 Å². The number of halogens is 2. The van der Waals surface area contributed by atoms with Crippen LogP contribution in [0, 0.1) is 12.8 Å². The number of methoxy groups -OCH3 is 2. The monoisotopic (exact) mass is 721 g/mol. The molecule has 0 aliphatic carbocycles. The molecule has 0 spiro atoms. The molecule has 2 N–H and O–H groups in total. The van der Waals surface area contributed by atoms with E-state index in [2.05, 4.69) is 9.88 Å². The van der Waals surface area contributed by atoms with Gasteiger partial charge in [-0.3, -0.25) is 9.80 Å². The number of anilines is 1. The summed E-state index contributed by atoms with van der Waals surface area (Å²) in [5, 5.41) is 0.840. The summed E-state index contributed by atoms with van der Waals surface area (Å²) >= 11 is 13.0. The molecule has 1 amide bonds. The second kappa shape index (κ2) is 16.6. The van der Waals surface area contributed by atoms with Crippen molar-refractivity contribution in [3.05, 3.63) is 117 Å². The van der Waals surface area contributed by atoms with E-state index in [9.17, 15) is 9.59 Å². The summed E-state index contributed by atoms with van der Waals surface area (Å²) in [6, 6.07) is 20.2. The Labute approximate surface area is 302 Å². The van der Waals surface area contributed by atoms with E-state index in [1.54, 1.807) is 55.8 Å². The fourth-order valence-corrected chi connectivity index (χ4v) is 7.09. The molecule has 4 aromatic rings. The molecule has 3 fully saturated rings. The average Bonchev–Trinajstić information content (AvgIpc) is 3.12. The summed E-state index contributed by atoms with van der Waals surface area (Å²) in [6.45, 7) is 5.18. The van der Waals surface area contributed by atoms with Gasteiger partial charge in [-0.25, -0.2) is 14.6 Å². The van der Waals surface area contributed by atoms with Crippen LogP contribution in [-0.2, 0) is 22.4 Å². The zero-order chi connectivity index (χ0) is 34.5. The number of ether oxygens (including phenoxy) is 4. The van der Waals surface area contributed by atoms with Gasteiger partial charge >= 0.3 is 12.1 Å². The minimum Gasteiger partial charge on any atom is -0.870 e. The standard InChI is InChI=1S/C38H39Cl2N3O6.H2O/c1-24-5-4-6-29(17-24)43(38(45)49-36-23-42-15-13-26(36)14-16-42)22-25-7-9-27(10-8-25)37(44)48-34(19-30-31(39)20-41-21-32(30)40)28-11-12-33(46-2)35(18-28)47-3;/h4-12,17-18,20-21,26,34,36H,13-16,19,22-23H2,1-3H3;1H2/t34-,36-;/m0./s1. The van der Waals surface area contributed by atoms with Crippen molar-refractivity contribution in [3.8, 4) is 11.5 Å². The molecule has 0 saturated carbocycles. The van der Waals surface area contributed by atoms with E-state index in [0.29, 0.717) is 44.2 Å².